The van der Waals surface area contributed by atoms with Crippen molar-refractivity contribution in [2.45, 2.75) is 6.54 Å². The van der Waals surface area contributed by atoms with Crippen molar-refractivity contribution in [1.29, 1.82) is 0 Å². The van der Waals surface area contributed by atoms with Gasteiger partial charge in [0, 0.05) is 19.3 Å². The molecule has 110 valence electrons. The molecule has 0 aliphatic carbocycles. The molecule has 0 heterocycles. The van der Waals surface area contributed by atoms with Crippen molar-refractivity contribution in [2.24, 2.45) is 5.73 Å². The van der Waals surface area contributed by atoms with Crippen molar-refractivity contribution in [1.82, 2.24) is 0 Å². The van der Waals surface area contributed by atoms with Gasteiger partial charge >= 0.3 is 0 Å². The summed E-state index contributed by atoms with van der Waals surface area (Å²) in [4.78, 5) is 13.7. The zero-order valence-electron chi connectivity index (χ0n) is 11.8. The van der Waals surface area contributed by atoms with Crippen LogP contribution >= 0.6 is 0 Å². The van der Waals surface area contributed by atoms with Crippen molar-refractivity contribution in [2.75, 3.05) is 23.8 Å². The van der Waals surface area contributed by atoms with Crippen molar-refractivity contribution >= 4 is 17.3 Å². The predicted molar refractivity (Wildman–Crippen MR) is 82.6 cm³/mol. The van der Waals surface area contributed by atoms with Crippen LogP contribution < -0.4 is 16.0 Å². The molecule has 2 rings (SSSR count). The number of para-hydroxylation sites is 1. The number of benzene rings is 2. The van der Waals surface area contributed by atoms with E-state index in [0.717, 1.165) is 11.3 Å². The lowest BCUT2D eigenvalue weighted by Crippen LogP contribution is -2.30. The van der Waals surface area contributed by atoms with Gasteiger partial charge in [-0.05, 0) is 29.8 Å². The molecule has 0 aliphatic rings. The molecule has 0 unspecified atom stereocenters. The average Bonchev–Trinajstić information content (AvgIpc) is 2.49. The SMILES string of the molecule is CN(CC(=O)Nc1ccccc1F)c1cccc(CN)c1. The smallest absolute Gasteiger partial charge is 0.243 e. The molecule has 0 spiro atoms. The Kier molecular flexibility index (Phi) is 4.90. The van der Waals surface area contributed by atoms with E-state index in [0.29, 0.717) is 6.54 Å². The Hall–Kier alpha value is -2.40. The minimum atomic E-state index is -0.446. The summed E-state index contributed by atoms with van der Waals surface area (Å²) in [5, 5.41) is 2.56. The Balaban J connectivity index is 2.00. The van der Waals surface area contributed by atoms with Gasteiger partial charge in [0.2, 0.25) is 5.91 Å². The summed E-state index contributed by atoms with van der Waals surface area (Å²) in [5.41, 5.74) is 7.67. The third-order valence-electron chi connectivity index (χ3n) is 3.12. The van der Waals surface area contributed by atoms with Crippen LogP contribution in [0.2, 0.25) is 0 Å². The van der Waals surface area contributed by atoms with Gasteiger partial charge in [0.25, 0.3) is 0 Å². The second kappa shape index (κ2) is 6.85. The predicted octanol–water partition coefficient (Wildman–Crippen LogP) is 2.36. The van der Waals surface area contributed by atoms with Gasteiger partial charge in [0.05, 0.1) is 12.2 Å². The van der Waals surface area contributed by atoms with Gasteiger partial charge < -0.3 is 16.0 Å². The highest BCUT2D eigenvalue weighted by Crippen LogP contribution is 2.15. The van der Waals surface area contributed by atoms with Crippen LogP contribution in [0.3, 0.4) is 0 Å². The first kappa shape index (κ1) is 15.0. The van der Waals surface area contributed by atoms with Gasteiger partial charge in [-0.2, -0.15) is 0 Å². The molecule has 0 atom stereocenters. The highest BCUT2D eigenvalue weighted by molar-refractivity contribution is 5.94. The van der Waals surface area contributed by atoms with Gasteiger partial charge in [-0.3, -0.25) is 4.79 Å². The summed E-state index contributed by atoms with van der Waals surface area (Å²) < 4.78 is 13.5. The van der Waals surface area contributed by atoms with Gasteiger partial charge in [-0.15, -0.1) is 0 Å². The molecule has 0 aliphatic heterocycles. The fraction of sp³-hybridized carbons (Fsp3) is 0.188. The van der Waals surface area contributed by atoms with E-state index in [1.54, 1.807) is 24.1 Å². The number of rotatable bonds is 5. The monoisotopic (exact) mass is 287 g/mol. The maximum Gasteiger partial charge on any atom is 0.243 e. The second-order valence-corrected chi connectivity index (χ2v) is 4.76. The first-order valence-corrected chi connectivity index (χ1v) is 6.64. The molecular formula is C16H18FN3O. The van der Waals surface area contributed by atoms with Crippen LogP contribution in [0.5, 0.6) is 0 Å². The lowest BCUT2D eigenvalue weighted by atomic mass is 10.2. The summed E-state index contributed by atoms with van der Waals surface area (Å²) in [7, 11) is 1.80. The van der Waals surface area contributed by atoms with Gasteiger partial charge in [0.1, 0.15) is 5.82 Å². The fourth-order valence-electron chi connectivity index (χ4n) is 1.98. The van der Waals surface area contributed by atoms with Gasteiger partial charge in [-0.25, -0.2) is 4.39 Å². The molecule has 2 aromatic carbocycles. The third kappa shape index (κ3) is 4.03. The second-order valence-electron chi connectivity index (χ2n) is 4.76. The van der Waals surface area contributed by atoms with E-state index < -0.39 is 5.82 Å². The van der Waals surface area contributed by atoms with E-state index in [2.05, 4.69) is 5.32 Å². The molecule has 0 fully saturated rings. The molecule has 4 nitrogen and oxygen atoms in total. The van der Waals surface area contributed by atoms with E-state index in [1.165, 1.54) is 12.1 Å². The number of carbonyl (C=O) groups is 1. The van der Waals surface area contributed by atoms with Crippen LogP contribution in [0.25, 0.3) is 0 Å². The molecular weight excluding hydrogens is 269 g/mol. The fourth-order valence-corrected chi connectivity index (χ4v) is 1.98. The molecule has 1 amide bonds. The van der Waals surface area contributed by atoms with Crippen LogP contribution in [-0.2, 0) is 11.3 Å². The first-order chi connectivity index (χ1) is 10.1. The van der Waals surface area contributed by atoms with E-state index in [9.17, 15) is 9.18 Å². The molecule has 3 N–H and O–H groups in total. The standard InChI is InChI=1S/C16H18FN3O/c1-20(13-6-4-5-12(9-13)10-18)11-16(21)19-15-8-3-2-7-14(15)17/h2-9H,10-11,18H2,1H3,(H,19,21). The van der Waals surface area contributed by atoms with Gasteiger partial charge in [0.15, 0.2) is 0 Å². The summed E-state index contributed by atoms with van der Waals surface area (Å²) in [5.74, 6) is -0.723. The Morgan fingerprint density at radius 1 is 1.24 bits per heavy atom. The number of halogens is 1. The average molecular weight is 287 g/mol. The van der Waals surface area contributed by atoms with Crippen molar-refractivity contribution in [3.63, 3.8) is 0 Å². The quantitative estimate of drug-likeness (QED) is 0.887. The maximum atomic E-state index is 13.5. The zero-order chi connectivity index (χ0) is 15.2. The number of likely N-dealkylation sites (N-methyl/N-ethyl adjacent to an activating group) is 1. The van der Waals surface area contributed by atoms with E-state index in [-0.39, 0.29) is 18.1 Å². The number of nitrogens with one attached hydrogen (secondary N) is 1. The number of nitrogens with zero attached hydrogens (tertiary/aromatic N) is 1. The highest BCUT2D eigenvalue weighted by atomic mass is 19.1. The number of hydrogen-bond acceptors (Lipinski definition) is 3. The summed E-state index contributed by atoms with van der Waals surface area (Å²) in [6.45, 7) is 0.575. The Morgan fingerprint density at radius 3 is 2.71 bits per heavy atom. The van der Waals surface area contributed by atoms with Crippen LogP contribution in [0.15, 0.2) is 48.5 Å². The van der Waals surface area contributed by atoms with Crippen LogP contribution in [0.1, 0.15) is 5.56 Å². The van der Waals surface area contributed by atoms with E-state index in [1.807, 2.05) is 24.3 Å². The van der Waals surface area contributed by atoms with E-state index >= 15 is 0 Å². The van der Waals surface area contributed by atoms with Crippen LogP contribution in [0.4, 0.5) is 15.8 Å². The topological polar surface area (TPSA) is 58.4 Å². The largest absolute Gasteiger partial charge is 0.365 e. The minimum absolute atomic E-state index is 0.127. The third-order valence-corrected chi connectivity index (χ3v) is 3.12. The number of hydrogen-bond donors (Lipinski definition) is 2. The number of anilines is 2. The van der Waals surface area contributed by atoms with E-state index in [4.69, 9.17) is 5.73 Å². The molecule has 21 heavy (non-hydrogen) atoms. The lowest BCUT2D eigenvalue weighted by molar-refractivity contribution is -0.114. The maximum absolute atomic E-state index is 13.5. The van der Waals surface area contributed by atoms with Crippen molar-refractivity contribution < 1.29 is 9.18 Å². The summed E-state index contributed by atoms with van der Waals surface area (Å²) in [6, 6.07) is 13.7. The Morgan fingerprint density at radius 2 is 2.00 bits per heavy atom. The first-order valence-electron chi connectivity index (χ1n) is 6.64. The molecule has 2 aromatic rings. The highest BCUT2D eigenvalue weighted by Gasteiger charge is 2.10. The van der Waals surface area contributed by atoms with Crippen molar-refractivity contribution in [3.05, 3.63) is 59.9 Å². The molecule has 0 saturated carbocycles. The lowest BCUT2D eigenvalue weighted by Gasteiger charge is -2.19. The summed E-state index contributed by atoms with van der Waals surface area (Å²) >= 11 is 0. The summed E-state index contributed by atoms with van der Waals surface area (Å²) in [6.07, 6.45) is 0. The normalized spacial score (nSPS) is 10.2. The molecule has 0 saturated heterocycles. The molecule has 0 aromatic heterocycles. The Bertz CT molecular complexity index is 630. The number of amides is 1. The van der Waals surface area contributed by atoms with Crippen LogP contribution in [0, 0.1) is 5.82 Å². The van der Waals surface area contributed by atoms with Gasteiger partial charge in [-0.1, -0.05) is 24.3 Å². The van der Waals surface area contributed by atoms with Crippen molar-refractivity contribution in [3.8, 4) is 0 Å². The Labute approximate surface area is 123 Å². The number of nitrogens with two attached hydrogens (primary N) is 1. The minimum Gasteiger partial charge on any atom is -0.365 e. The number of carbonyl (C=O) groups excluding carboxylic acids is 1. The zero-order valence-corrected chi connectivity index (χ0v) is 11.8. The van der Waals surface area contributed by atoms with Crippen LogP contribution in [-0.4, -0.2) is 19.5 Å². The molecule has 0 bridgehead atoms. The molecule has 5 heteroatoms. The molecule has 0 radical (unpaired) electrons.